The normalized spacial score (nSPS) is 11.6. The molecule has 0 atom stereocenters. The number of benzene rings is 2. The highest BCUT2D eigenvalue weighted by atomic mass is 32.2. The van der Waals surface area contributed by atoms with E-state index in [1.807, 2.05) is 0 Å². The van der Waals surface area contributed by atoms with Crippen LogP contribution in [0.1, 0.15) is 0 Å². The van der Waals surface area contributed by atoms with Crippen molar-refractivity contribution in [2.45, 2.75) is 11.4 Å². The molecule has 1 N–H and O–H groups in total. The molecule has 0 fully saturated rings. The highest BCUT2D eigenvalue weighted by molar-refractivity contribution is 7.91. The van der Waals surface area contributed by atoms with Gasteiger partial charge in [0.15, 0.2) is 15.4 Å². The summed E-state index contributed by atoms with van der Waals surface area (Å²) in [5, 5.41) is 2.46. The molecule has 0 saturated heterocycles. The van der Waals surface area contributed by atoms with Crippen LogP contribution in [0.3, 0.4) is 0 Å². The molecule has 1 amide bonds. The smallest absolute Gasteiger partial charge is 0.408 e. The maximum Gasteiger partial charge on any atom is 0.420 e. The molecule has 0 unspecified atom stereocenters. The number of oxazole rings is 1. The molecule has 3 aromatic rings. The van der Waals surface area contributed by atoms with Crippen molar-refractivity contribution in [3.63, 3.8) is 0 Å². The van der Waals surface area contributed by atoms with Crippen LogP contribution < -0.4 is 11.1 Å². The summed E-state index contributed by atoms with van der Waals surface area (Å²) in [5.41, 5.74) is 0.843. The Hall–Kier alpha value is -2.94. The van der Waals surface area contributed by atoms with Crippen LogP contribution in [0, 0.1) is 5.82 Å². The van der Waals surface area contributed by atoms with Crippen LogP contribution in [0.25, 0.3) is 11.1 Å². The third-order valence-electron chi connectivity index (χ3n) is 3.74. The molecular weight excluding hydrogens is 363 g/mol. The van der Waals surface area contributed by atoms with Gasteiger partial charge in [0.05, 0.1) is 16.2 Å². The number of hydrogen-bond donors (Lipinski definition) is 1. The summed E-state index contributed by atoms with van der Waals surface area (Å²) in [6.07, 6.45) is 0. The molecule has 1 aromatic heterocycles. The van der Waals surface area contributed by atoms with E-state index in [2.05, 4.69) is 5.32 Å². The molecule has 0 radical (unpaired) electrons. The van der Waals surface area contributed by atoms with Gasteiger partial charge in [-0.15, -0.1) is 0 Å². The maximum absolute atomic E-state index is 12.9. The number of carbonyl (C=O) groups excluding carboxylic acids is 1. The predicted molar refractivity (Wildman–Crippen MR) is 91.9 cm³/mol. The number of carbonyl (C=O) groups is 1. The van der Waals surface area contributed by atoms with E-state index < -0.39 is 27.3 Å². The third-order valence-corrected chi connectivity index (χ3v) is 5.47. The Bertz CT molecular complexity index is 1100. The van der Waals surface area contributed by atoms with Crippen molar-refractivity contribution in [3.8, 4) is 0 Å². The van der Waals surface area contributed by atoms with Gasteiger partial charge in [0, 0.05) is 6.54 Å². The molecule has 136 valence electrons. The van der Waals surface area contributed by atoms with Gasteiger partial charge >= 0.3 is 5.76 Å². The fourth-order valence-electron chi connectivity index (χ4n) is 2.45. The molecule has 0 aliphatic rings. The summed E-state index contributed by atoms with van der Waals surface area (Å²) in [6.45, 7) is -0.421. The molecular formula is C17H15FN2O5S. The van der Waals surface area contributed by atoms with Gasteiger partial charge in [-0.1, -0.05) is 12.1 Å². The van der Waals surface area contributed by atoms with E-state index in [0.717, 1.165) is 12.1 Å². The summed E-state index contributed by atoms with van der Waals surface area (Å²) in [6, 6.07) is 11.1. The molecule has 0 spiro atoms. The van der Waals surface area contributed by atoms with Crippen LogP contribution >= 0.6 is 0 Å². The molecule has 9 heteroatoms. The van der Waals surface area contributed by atoms with E-state index >= 15 is 0 Å². The first kappa shape index (κ1) is 17.9. The Balaban J connectivity index is 1.61. The zero-order chi connectivity index (χ0) is 18.7. The standard InChI is InChI=1S/C17H15FN2O5S/c18-12-5-7-13(8-6-12)26(23,24)10-9-19-16(21)11-20-14-3-1-2-4-15(14)25-17(20)22/h1-8H,9-11H2,(H,19,21). The SMILES string of the molecule is O=C(Cn1c(=O)oc2ccccc21)NCCS(=O)(=O)c1ccc(F)cc1. The van der Waals surface area contributed by atoms with Crippen molar-refractivity contribution in [2.24, 2.45) is 0 Å². The monoisotopic (exact) mass is 378 g/mol. The predicted octanol–water partition coefficient (Wildman–Crippen LogP) is 1.32. The molecule has 3 rings (SSSR count). The first-order valence-corrected chi connectivity index (χ1v) is 9.35. The lowest BCUT2D eigenvalue weighted by Gasteiger charge is -2.07. The topological polar surface area (TPSA) is 98.4 Å². The minimum atomic E-state index is -3.65. The molecule has 1 heterocycles. The summed E-state index contributed by atoms with van der Waals surface area (Å²) in [4.78, 5) is 23.8. The molecule has 7 nitrogen and oxygen atoms in total. The van der Waals surface area contributed by atoms with E-state index in [4.69, 9.17) is 4.42 Å². The molecule has 26 heavy (non-hydrogen) atoms. The molecule has 0 bridgehead atoms. The van der Waals surface area contributed by atoms with Gasteiger partial charge in [0.1, 0.15) is 12.4 Å². The van der Waals surface area contributed by atoms with Gasteiger partial charge in [-0.2, -0.15) is 0 Å². The zero-order valence-electron chi connectivity index (χ0n) is 13.5. The van der Waals surface area contributed by atoms with Crippen molar-refractivity contribution < 1.29 is 22.0 Å². The average molecular weight is 378 g/mol. The second-order valence-corrected chi connectivity index (χ2v) is 7.65. The fourth-order valence-corrected chi connectivity index (χ4v) is 3.61. The van der Waals surface area contributed by atoms with Crippen molar-refractivity contribution in [1.29, 1.82) is 0 Å². The number of fused-ring (bicyclic) bond motifs is 1. The van der Waals surface area contributed by atoms with Crippen LogP contribution in [0.2, 0.25) is 0 Å². The number of para-hydroxylation sites is 2. The molecule has 0 aliphatic heterocycles. The Morgan fingerprint density at radius 1 is 1.12 bits per heavy atom. The number of amides is 1. The number of nitrogens with one attached hydrogen (secondary N) is 1. The largest absolute Gasteiger partial charge is 0.420 e. The first-order chi connectivity index (χ1) is 12.4. The minimum Gasteiger partial charge on any atom is -0.408 e. The van der Waals surface area contributed by atoms with Crippen molar-refractivity contribution in [2.75, 3.05) is 12.3 Å². The lowest BCUT2D eigenvalue weighted by atomic mass is 10.3. The number of rotatable bonds is 6. The van der Waals surface area contributed by atoms with Crippen LogP contribution in [-0.2, 0) is 21.2 Å². The lowest BCUT2D eigenvalue weighted by molar-refractivity contribution is -0.121. The van der Waals surface area contributed by atoms with E-state index in [1.54, 1.807) is 24.3 Å². The van der Waals surface area contributed by atoms with Crippen LogP contribution in [-0.4, -0.2) is 31.2 Å². The average Bonchev–Trinajstić information content (AvgIpc) is 2.91. The van der Waals surface area contributed by atoms with Gasteiger partial charge in [-0.3, -0.25) is 9.36 Å². The van der Waals surface area contributed by atoms with E-state index in [0.29, 0.717) is 11.1 Å². The zero-order valence-corrected chi connectivity index (χ0v) is 14.3. The van der Waals surface area contributed by atoms with Crippen molar-refractivity contribution in [3.05, 3.63) is 64.9 Å². The van der Waals surface area contributed by atoms with E-state index in [-0.39, 0.29) is 23.7 Å². The van der Waals surface area contributed by atoms with Gasteiger partial charge in [0.25, 0.3) is 0 Å². The van der Waals surface area contributed by atoms with Crippen LogP contribution in [0.15, 0.2) is 62.6 Å². The Labute approximate surface area is 148 Å². The van der Waals surface area contributed by atoms with E-state index in [9.17, 15) is 22.4 Å². The van der Waals surface area contributed by atoms with Gasteiger partial charge in [-0.05, 0) is 36.4 Å². The highest BCUT2D eigenvalue weighted by Crippen LogP contribution is 2.12. The highest BCUT2D eigenvalue weighted by Gasteiger charge is 2.16. The van der Waals surface area contributed by atoms with Gasteiger partial charge in [-0.25, -0.2) is 17.6 Å². The van der Waals surface area contributed by atoms with Crippen molar-refractivity contribution >= 4 is 26.8 Å². The number of aromatic nitrogens is 1. The number of halogens is 1. The summed E-state index contributed by atoms with van der Waals surface area (Å²) in [7, 11) is -3.65. The molecule has 0 saturated carbocycles. The molecule has 2 aromatic carbocycles. The second kappa shape index (κ2) is 7.12. The van der Waals surface area contributed by atoms with Crippen LogP contribution in [0.4, 0.5) is 4.39 Å². The Morgan fingerprint density at radius 2 is 1.81 bits per heavy atom. The lowest BCUT2D eigenvalue weighted by Crippen LogP contribution is -2.33. The van der Waals surface area contributed by atoms with E-state index in [1.165, 1.54) is 16.7 Å². The first-order valence-electron chi connectivity index (χ1n) is 7.70. The number of hydrogen-bond acceptors (Lipinski definition) is 5. The Kier molecular flexibility index (Phi) is 4.90. The fraction of sp³-hybridized carbons (Fsp3) is 0.176. The second-order valence-electron chi connectivity index (χ2n) is 5.54. The maximum atomic E-state index is 12.9. The third kappa shape index (κ3) is 3.83. The van der Waals surface area contributed by atoms with Gasteiger partial charge < -0.3 is 9.73 Å². The summed E-state index contributed by atoms with van der Waals surface area (Å²) < 4.78 is 43.3. The quantitative estimate of drug-likeness (QED) is 0.653. The Morgan fingerprint density at radius 3 is 2.54 bits per heavy atom. The summed E-state index contributed by atoms with van der Waals surface area (Å²) in [5.74, 6) is -2.06. The molecule has 0 aliphatic carbocycles. The summed E-state index contributed by atoms with van der Waals surface area (Å²) >= 11 is 0. The van der Waals surface area contributed by atoms with Gasteiger partial charge in [0.2, 0.25) is 5.91 Å². The van der Waals surface area contributed by atoms with Crippen molar-refractivity contribution in [1.82, 2.24) is 9.88 Å². The van der Waals surface area contributed by atoms with Crippen LogP contribution in [0.5, 0.6) is 0 Å². The number of sulfone groups is 1. The minimum absolute atomic E-state index is 0.0230. The number of nitrogens with zero attached hydrogens (tertiary/aromatic N) is 1.